The number of fused-ring (bicyclic) bond motifs is 1. The van der Waals surface area contributed by atoms with Gasteiger partial charge in [-0.1, -0.05) is 11.8 Å². The summed E-state index contributed by atoms with van der Waals surface area (Å²) in [7, 11) is 0. The topological polar surface area (TPSA) is 17.1 Å². The second kappa shape index (κ2) is 3.42. The smallest absolute Gasteiger partial charge is 0.194 e. The van der Waals surface area contributed by atoms with Crippen molar-refractivity contribution in [2.24, 2.45) is 0 Å². The van der Waals surface area contributed by atoms with Gasteiger partial charge in [-0.15, -0.1) is 0 Å². The Kier molecular flexibility index (Phi) is 2.43. The third kappa shape index (κ3) is 1.79. The van der Waals surface area contributed by atoms with Crippen molar-refractivity contribution in [3.8, 4) is 0 Å². The molecule has 0 bridgehead atoms. The Morgan fingerprint density at radius 2 is 2.15 bits per heavy atom. The lowest BCUT2D eigenvalue weighted by atomic mass is 10.1. The minimum atomic E-state index is -0.256. The molecule has 0 aromatic heterocycles. The highest BCUT2D eigenvalue weighted by Crippen LogP contribution is 2.34. The van der Waals surface area contributed by atoms with Crippen molar-refractivity contribution in [2.75, 3.05) is 0 Å². The molecule has 1 aromatic rings. The Bertz CT molecular complexity index is 378. The molecule has 4 heteroatoms. The summed E-state index contributed by atoms with van der Waals surface area (Å²) in [5.41, 5.74) is 0.935. The van der Waals surface area contributed by atoms with E-state index in [2.05, 4.69) is 15.9 Å². The van der Waals surface area contributed by atoms with Gasteiger partial charge >= 0.3 is 0 Å². The molecule has 0 aliphatic carbocycles. The van der Waals surface area contributed by atoms with E-state index in [4.69, 9.17) is 0 Å². The van der Waals surface area contributed by atoms with Crippen LogP contribution in [-0.2, 0) is 11.2 Å². The van der Waals surface area contributed by atoms with Crippen LogP contribution in [0.1, 0.15) is 12.0 Å². The third-order valence-electron chi connectivity index (χ3n) is 1.93. The average molecular weight is 261 g/mol. The van der Waals surface area contributed by atoms with Crippen LogP contribution in [0.4, 0.5) is 4.39 Å². The number of hydrogen-bond acceptors (Lipinski definition) is 2. The molecule has 1 nitrogen and oxygen atoms in total. The number of thioether (sulfide) groups is 1. The summed E-state index contributed by atoms with van der Waals surface area (Å²) < 4.78 is 13.5. The summed E-state index contributed by atoms with van der Waals surface area (Å²) >= 11 is 4.29. The first-order valence-corrected chi connectivity index (χ1v) is 5.46. The van der Waals surface area contributed by atoms with Gasteiger partial charge in [0.05, 0.1) is 4.47 Å². The normalized spacial score (nSPS) is 15.7. The molecule has 0 saturated heterocycles. The van der Waals surface area contributed by atoms with Gasteiger partial charge in [0, 0.05) is 11.3 Å². The lowest BCUT2D eigenvalue weighted by Crippen LogP contribution is -2.04. The fraction of sp³-hybridized carbons (Fsp3) is 0.222. The van der Waals surface area contributed by atoms with Gasteiger partial charge in [-0.2, -0.15) is 0 Å². The van der Waals surface area contributed by atoms with E-state index in [9.17, 15) is 9.18 Å². The van der Waals surface area contributed by atoms with Crippen LogP contribution in [-0.4, -0.2) is 5.12 Å². The largest absolute Gasteiger partial charge is 0.287 e. The Morgan fingerprint density at radius 1 is 1.38 bits per heavy atom. The Labute approximate surface area is 87.8 Å². The van der Waals surface area contributed by atoms with E-state index in [1.807, 2.05) is 0 Å². The van der Waals surface area contributed by atoms with Crippen molar-refractivity contribution >= 4 is 32.8 Å². The molecule has 1 heterocycles. The van der Waals surface area contributed by atoms with Crippen LogP contribution < -0.4 is 0 Å². The van der Waals surface area contributed by atoms with E-state index >= 15 is 0 Å². The Hall–Kier alpha value is -0.350. The molecule has 0 saturated carbocycles. The lowest BCUT2D eigenvalue weighted by Gasteiger charge is -2.14. The zero-order valence-corrected chi connectivity index (χ0v) is 9.04. The second-order valence-electron chi connectivity index (χ2n) is 2.85. The zero-order chi connectivity index (χ0) is 9.42. The summed E-state index contributed by atoms with van der Waals surface area (Å²) in [4.78, 5) is 12.0. The minimum Gasteiger partial charge on any atom is -0.287 e. The molecule has 0 unspecified atom stereocenters. The van der Waals surface area contributed by atoms with Crippen LogP contribution in [0.15, 0.2) is 21.5 Å². The fourth-order valence-corrected chi connectivity index (χ4v) is 2.68. The highest BCUT2D eigenvalue weighted by atomic mass is 79.9. The number of carbonyl (C=O) groups is 1. The van der Waals surface area contributed by atoms with Crippen LogP contribution in [0.5, 0.6) is 0 Å². The van der Waals surface area contributed by atoms with Gasteiger partial charge < -0.3 is 0 Å². The first kappa shape index (κ1) is 9.21. The average Bonchev–Trinajstić information content (AvgIpc) is 2.08. The van der Waals surface area contributed by atoms with Crippen molar-refractivity contribution in [3.63, 3.8) is 0 Å². The number of rotatable bonds is 0. The maximum Gasteiger partial charge on any atom is 0.194 e. The van der Waals surface area contributed by atoms with Gasteiger partial charge in [0.2, 0.25) is 0 Å². The van der Waals surface area contributed by atoms with Crippen molar-refractivity contribution in [1.29, 1.82) is 0 Å². The SMILES string of the molecule is O=C1CCc2cc(F)c(Br)cc2S1. The van der Waals surface area contributed by atoms with E-state index in [1.54, 1.807) is 6.07 Å². The maximum atomic E-state index is 13.1. The van der Waals surface area contributed by atoms with Crippen molar-refractivity contribution < 1.29 is 9.18 Å². The third-order valence-corrected chi connectivity index (χ3v) is 3.57. The zero-order valence-electron chi connectivity index (χ0n) is 6.64. The van der Waals surface area contributed by atoms with Gasteiger partial charge in [-0.25, -0.2) is 4.39 Å². The predicted molar refractivity (Wildman–Crippen MR) is 53.3 cm³/mol. The molecule has 0 spiro atoms. The lowest BCUT2D eigenvalue weighted by molar-refractivity contribution is -0.111. The van der Waals surface area contributed by atoms with Crippen molar-refractivity contribution in [3.05, 3.63) is 28.0 Å². The number of aryl methyl sites for hydroxylation is 1. The monoisotopic (exact) mass is 260 g/mol. The Balaban J connectivity index is 2.49. The van der Waals surface area contributed by atoms with E-state index in [0.29, 0.717) is 17.3 Å². The summed E-state index contributed by atoms with van der Waals surface area (Å²) in [6, 6.07) is 3.17. The molecule has 68 valence electrons. The summed E-state index contributed by atoms with van der Waals surface area (Å²) in [5.74, 6) is -0.256. The number of hydrogen-bond donors (Lipinski definition) is 0. The summed E-state index contributed by atoms with van der Waals surface area (Å²) in [6.45, 7) is 0. The molecule has 0 N–H and O–H groups in total. The minimum absolute atomic E-state index is 0.158. The number of benzene rings is 1. The summed E-state index contributed by atoms with van der Waals surface area (Å²) in [6.07, 6.45) is 1.17. The molecule has 2 rings (SSSR count). The summed E-state index contributed by atoms with van der Waals surface area (Å²) in [5, 5.41) is 0.158. The van der Waals surface area contributed by atoms with Gasteiger partial charge in [-0.3, -0.25) is 4.79 Å². The fourth-order valence-electron chi connectivity index (χ4n) is 1.27. The van der Waals surface area contributed by atoms with Gasteiger partial charge in [0.15, 0.2) is 5.12 Å². The molecule has 0 fully saturated rings. The first-order chi connectivity index (χ1) is 6.16. The maximum absolute atomic E-state index is 13.1. The molecule has 1 aliphatic rings. The van der Waals surface area contributed by atoms with E-state index in [1.165, 1.54) is 17.8 Å². The van der Waals surface area contributed by atoms with Crippen LogP contribution in [0, 0.1) is 5.82 Å². The molecule has 13 heavy (non-hydrogen) atoms. The molecule has 0 amide bonds. The molecule has 0 radical (unpaired) electrons. The number of carbonyl (C=O) groups excluding carboxylic acids is 1. The van der Waals surface area contributed by atoms with Crippen LogP contribution in [0.3, 0.4) is 0 Å². The van der Waals surface area contributed by atoms with Crippen LogP contribution in [0.2, 0.25) is 0 Å². The number of halogens is 2. The van der Waals surface area contributed by atoms with E-state index in [-0.39, 0.29) is 10.9 Å². The molecule has 1 aliphatic heterocycles. The molecular formula is C9H6BrFOS. The van der Waals surface area contributed by atoms with E-state index < -0.39 is 0 Å². The molecule has 0 atom stereocenters. The standard InChI is InChI=1S/C9H6BrFOS/c10-6-4-8-5(3-7(6)11)1-2-9(12)13-8/h3-4H,1-2H2. The first-order valence-electron chi connectivity index (χ1n) is 3.85. The second-order valence-corrected chi connectivity index (χ2v) is 4.80. The van der Waals surface area contributed by atoms with Crippen molar-refractivity contribution in [2.45, 2.75) is 17.7 Å². The molecular weight excluding hydrogens is 255 g/mol. The van der Waals surface area contributed by atoms with Crippen molar-refractivity contribution in [1.82, 2.24) is 0 Å². The van der Waals surface area contributed by atoms with E-state index in [0.717, 1.165) is 10.5 Å². The van der Waals surface area contributed by atoms with Crippen LogP contribution in [0.25, 0.3) is 0 Å². The highest BCUT2D eigenvalue weighted by Gasteiger charge is 2.18. The van der Waals surface area contributed by atoms with Gasteiger partial charge in [0.25, 0.3) is 0 Å². The van der Waals surface area contributed by atoms with Crippen LogP contribution >= 0.6 is 27.7 Å². The van der Waals surface area contributed by atoms with Gasteiger partial charge in [0.1, 0.15) is 5.82 Å². The molecule has 1 aromatic carbocycles. The predicted octanol–water partition coefficient (Wildman–Crippen LogP) is 3.15. The van der Waals surface area contributed by atoms with Gasteiger partial charge in [-0.05, 0) is 40.0 Å². The highest BCUT2D eigenvalue weighted by molar-refractivity contribution is 9.10. The Morgan fingerprint density at radius 3 is 2.92 bits per heavy atom. The quantitative estimate of drug-likeness (QED) is 0.713.